The van der Waals surface area contributed by atoms with E-state index in [0.29, 0.717) is 35.9 Å². The van der Waals surface area contributed by atoms with E-state index in [9.17, 15) is 13.2 Å². The van der Waals surface area contributed by atoms with Crippen molar-refractivity contribution >= 4 is 21.7 Å². The number of ether oxygens (including phenoxy) is 2. The molecule has 0 unspecified atom stereocenters. The smallest absolute Gasteiger partial charge is 0.341 e. The first kappa shape index (κ1) is 23.1. The van der Waals surface area contributed by atoms with E-state index in [0.717, 1.165) is 19.3 Å². The van der Waals surface area contributed by atoms with Gasteiger partial charge in [0.15, 0.2) is 0 Å². The number of piperidine rings is 1. The van der Waals surface area contributed by atoms with Crippen molar-refractivity contribution in [2.45, 2.75) is 57.6 Å². The van der Waals surface area contributed by atoms with E-state index in [1.165, 1.54) is 10.6 Å². The van der Waals surface area contributed by atoms with Crippen LogP contribution >= 0.6 is 0 Å². The topological polar surface area (TPSA) is 98.1 Å². The van der Waals surface area contributed by atoms with E-state index in [4.69, 9.17) is 13.9 Å². The van der Waals surface area contributed by atoms with Gasteiger partial charge in [0.25, 0.3) is 0 Å². The van der Waals surface area contributed by atoms with Crippen molar-refractivity contribution in [1.82, 2.24) is 4.31 Å². The molecule has 1 N–H and O–H groups in total. The molecule has 1 saturated heterocycles. The number of rotatable bonds is 9. The molecule has 1 aromatic heterocycles. The van der Waals surface area contributed by atoms with E-state index in [-0.39, 0.29) is 24.2 Å². The molecular weight excluding hydrogens is 420 g/mol. The second-order valence-electron chi connectivity index (χ2n) is 7.62. The van der Waals surface area contributed by atoms with Gasteiger partial charge in [0.2, 0.25) is 10.0 Å². The van der Waals surface area contributed by atoms with E-state index in [1.807, 2.05) is 13.8 Å². The number of hydrogen-bond donors (Lipinski definition) is 1. The summed E-state index contributed by atoms with van der Waals surface area (Å²) < 4.78 is 44.1. The highest BCUT2D eigenvalue weighted by Gasteiger charge is 2.27. The second-order valence-corrected chi connectivity index (χ2v) is 9.56. The Hall–Kier alpha value is -2.52. The molecule has 0 bridgehead atoms. The first-order chi connectivity index (χ1) is 14.8. The molecule has 31 heavy (non-hydrogen) atoms. The second kappa shape index (κ2) is 10.2. The highest BCUT2D eigenvalue weighted by molar-refractivity contribution is 7.89. The quantitative estimate of drug-likeness (QED) is 0.576. The van der Waals surface area contributed by atoms with Crippen LogP contribution < -0.4 is 10.1 Å². The molecule has 170 valence electrons. The normalized spacial score (nSPS) is 15.1. The van der Waals surface area contributed by atoms with Gasteiger partial charge in [-0.15, -0.1) is 0 Å². The molecule has 0 radical (unpaired) electrons. The summed E-state index contributed by atoms with van der Waals surface area (Å²) in [5, 5.41) is 3.16. The lowest BCUT2D eigenvalue weighted by Gasteiger charge is -2.26. The van der Waals surface area contributed by atoms with Crippen LogP contribution in [0, 0.1) is 0 Å². The van der Waals surface area contributed by atoms with Crippen molar-refractivity contribution in [2.24, 2.45) is 0 Å². The fourth-order valence-corrected chi connectivity index (χ4v) is 5.01. The molecule has 1 aliphatic rings. The zero-order valence-corrected chi connectivity index (χ0v) is 19.0. The fourth-order valence-electron chi connectivity index (χ4n) is 3.46. The highest BCUT2D eigenvalue weighted by Crippen LogP contribution is 2.31. The number of nitrogens with zero attached hydrogens (tertiary/aromatic N) is 1. The Labute approximate surface area is 183 Å². The molecule has 9 heteroatoms. The minimum atomic E-state index is -3.59. The summed E-state index contributed by atoms with van der Waals surface area (Å²) in [6.45, 7) is 7.03. The van der Waals surface area contributed by atoms with Gasteiger partial charge < -0.3 is 19.2 Å². The van der Waals surface area contributed by atoms with Crippen molar-refractivity contribution in [1.29, 1.82) is 0 Å². The van der Waals surface area contributed by atoms with E-state index >= 15 is 0 Å². The molecule has 1 aliphatic heterocycles. The standard InChI is InChI=1S/C22H30N2O6S/c1-4-28-22(25)18-10-13-29-21(18)15-23-19-14-17(8-9-20(19)30-16(2)3)31(26,27)24-11-6-5-7-12-24/h8-10,13-14,16,23H,4-7,11-12,15H2,1-3H3. The molecule has 0 saturated carbocycles. The van der Waals surface area contributed by atoms with Crippen LogP contribution in [0.4, 0.5) is 5.69 Å². The number of carbonyl (C=O) groups is 1. The summed E-state index contributed by atoms with van der Waals surface area (Å²) in [4.78, 5) is 12.3. The highest BCUT2D eigenvalue weighted by atomic mass is 32.2. The Balaban J connectivity index is 1.86. The van der Waals surface area contributed by atoms with E-state index in [1.54, 1.807) is 31.2 Å². The molecule has 2 aromatic rings. The van der Waals surface area contributed by atoms with Crippen molar-refractivity contribution in [3.05, 3.63) is 41.9 Å². The number of benzene rings is 1. The number of esters is 1. The molecule has 1 aromatic carbocycles. The van der Waals surface area contributed by atoms with Crippen LogP contribution in [0.5, 0.6) is 5.75 Å². The van der Waals surface area contributed by atoms with E-state index < -0.39 is 16.0 Å². The third-order valence-electron chi connectivity index (χ3n) is 4.95. The summed E-state index contributed by atoms with van der Waals surface area (Å²) in [6.07, 6.45) is 4.11. The monoisotopic (exact) mass is 450 g/mol. The maximum atomic E-state index is 13.1. The predicted octanol–water partition coefficient (Wildman–Crippen LogP) is 4.03. The third-order valence-corrected chi connectivity index (χ3v) is 6.84. The van der Waals surface area contributed by atoms with Crippen molar-refractivity contribution in [3.63, 3.8) is 0 Å². The molecule has 0 amide bonds. The van der Waals surface area contributed by atoms with Gasteiger partial charge in [-0.05, 0) is 57.9 Å². The van der Waals surface area contributed by atoms with Crippen LogP contribution in [0.2, 0.25) is 0 Å². The predicted molar refractivity (Wildman–Crippen MR) is 117 cm³/mol. The Kier molecular flexibility index (Phi) is 7.61. The summed E-state index contributed by atoms with van der Waals surface area (Å²) >= 11 is 0. The van der Waals surface area contributed by atoms with Crippen LogP contribution in [0.25, 0.3) is 0 Å². The van der Waals surface area contributed by atoms with Gasteiger partial charge >= 0.3 is 5.97 Å². The first-order valence-electron chi connectivity index (χ1n) is 10.6. The summed E-state index contributed by atoms with van der Waals surface area (Å²) in [5.74, 6) is 0.461. The van der Waals surface area contributed by atoms with Gasteiger partial charge in [0.05, 0.1) is 36.1 Å². The molecule has 8 nitrogen and oxygen atoms in total. The van der Waals surface area contributed by atoms with Crippen LogP contribution in [-0.2, 0) is 21.3 Å². The maximum Gasteiger partial charge on any atom is 0.341 e. The molecule has 3 rings (SSSR count). The summed E-state index contributed by atoms with van der Waals surface area (Å²) in [5.41, 5.74) is 0.843. The fraction of sp³-hybridized carbons (Fsp3) is 0.500. The molecule has 0 aliphatic carbocycles. The lowest BCUT2D eigenvalue weighted by atomic mass is 10.2. The van der Waals surface area contributed by atoms with Gasteiger partial charge in [0, 0.05) is 13.1 Å². The Bertz CT molecular complexity index is 993. The molecule has 0 spiro atoms. The lowest BCUT2D eigenvalue weighted by Crippen LogP contribution is -2.35. The van der Waals surface area contributed by atoms with Crippen LogP contribution in [0.1, 0.15) is 56.2 Å². The summed E-state index contributed by atoms with van der Waals surface area (Å²) in [6, 6.07) is 6.36. The minimum absolute atomic E-state index is 0.0937. The van der Waals surface area contributed by atoms with Gasteiger partial charge in [-0.25, -0.2) is 13.2 Å². The zero-order valence-electron chi connectivity index (χ0n) is 18.2. The number of carbonyl (C=O) groups excluding carboxylic acids is 1. The van der Waals surface area contributed by atoms with Gasteiger partial charge in [-0.3, -0.25) is 0 Å². The van der Waals surface area contributed by atoms with Crippen LogP contribution in [-0.4, -0.2) is 44.5 Å². The largest absolute Gasteiger partial charge is 0.489 e. The number of hydrogen-bond acceptors (Lipinski definition) is 7. The molecule has 2 heterocycles. The van der Waals surface area contributed by atoms with Crippen molar-refractivity contribution in [2.75, 3.05) is 25.0 Å². The van der Waals surface area contributed by atoms with Crippen LogP contribution in [0.3, 0.4) is 0 Å². The minimum Gasteiger partial charge on any atom is -0.489 e. The SMILES string of the molecule is CCOC(=O)c1ccoc1CNc1cc(S(=O)(=O)N2CCCCC2)ccc1OC(C)C. The first-order valence-corrected chi connectivity index (χ1v) is 12.0. The van der Waals surface area contributed by atoms with Gasteiger partial charge in [-0.1, -0.05) is 6.42 Å². The lowest BCUT2D eigenvalue weighted by molar-refractivity contribution is 0.0524. The summed E-state index contributed by atoms with van der Waals surface area (Å²) in [7, 11) is -3.59. The average molecular weight is 451 g/mol. The Morgan fingerprint density at radius 2 is 1.94 bits per heavy atom. The molecule has 0 atom stereocenters. The van der Waals surface area contributed by atoms with Crippen molar-refractivity contribution < 1.29 is 27.1 Å². The average Bonchev–Trinajstić information content (AvgIpc) is 3.22. The molecule has 1 fully saturated rings. The number of sulfonamides is 1. The van der Waals surface area contributed by atoms with Gasteiger partial charge in [-0.2, -0.15) is 4.31 Å². The van der Waals surface area contributed by atoms with E-state index in [2.05, 4.69) is 5.32 Å². The zero-order chi connectivity index (χ0) is 22.4. The number of nitrogens with one attached hydrogen (secondary N) is 1. The number of furan rings is 1. The van der Waals surface area contributed by atoms with Gasteiger partial charge in [0.1, 0.15) is 17.1 Å². The maximum absolute atomic E-state index is 13.1. The van der Waals surface area contributed by atoms with Crippen LogP contribution in [0.15, 0.2) is 39.8 Å². The third kappa shape index (κ3) is 5.59. The number of anilines is 1. The molecular formula is C22H30N2O6S. The Morgan fingerprint density at radius 1 is 1.19 bits per heavy atom. The van der Waals surface area contributed by atoms with Crippen molar-refractivity contribution in [3.8, 4) is 5.75 Å². The Morgan fingerprint density at radius 3 is 2.61 bits per heavy atom.